The fourth-order valence-electron chi connectivity index (χ4n) is 2.50. The SMILES string of the molecule is NS(=O)(=O)N1CCc2ccc(NC(=O)c3ccc(F)cc3)cc21. The van der Waals surface area contributed by atoms with Gasteiger partial charge < -0.3 is 5.32 Å². The Bertz CT molecular complexity index is 866. The molecule has 0 fully saturated rings. The van der Waals surface area contributed by atoms with E-state index in [0.717, 1.165) is 9.87 Å². The van der Waals surface area contributed by atoms with Gasteiger partial charge in [0.25, 0.3) is 16.1 Å². The fraction of sp³-hybridized carbons (Fsp3) is 0.133. The lowest BCUT2D eigenvalue weighted by atomic mass is 10.1. The molecule has 0 atom stereocenters. The molecule has 0 aromatic heterocycles. The second-order valence-electron chi connectivity index (χ2n) is 5.17. The van der Waals surface area contributed by atoms with E-state index in [4.69, 9.17) is 5.14 Å². The predicted octanol–water partition coefficient (Wildman–Crippen LogP) is 1.64. The van der Waals surface area contributed by atoms with Crippen molar-refractivity contribution in [3.63, 3.8) is 0 Å². The molecule has 0 unspecified atom stereocenters. The predicted molar refractivity (Wildman–Crippen MR) is 85.0 cm³/mol. The number of nitrogens with one attached hydrogen (secondary N) is 1. The molecule has 23 heavy (non-hydrogen) atoms. The molecule has 0 saturated carbocycles. The maximum absolute atomic E-state index is 12.9. The maximum Gasteiger partial charge on any atom is 0.299 e. The zero-order chi connectivity index (χ0) is 16.6. The Morgan fingerprint density at radius 3 is 2.52 bits per heavy atom. The van der Waals surface area contributed by atoms with Crippen molar-refractivity contribution in [2.75, 3.05) is 16.2 Å². The summed E-state index contributed by atoms with van der Waals surface area (Å²) in [7, 11) is -3.84. The van der Waals surface area contributed by atoms with Crippen molar-refractivity contribution in [1.29, 1.82) is 0 Å². The molecular weight excluding hydrogens is 321 g/mol. The van der Waals surface area contributed by atoms with Crippen LogP contribution < -0.4 is 14.8 Å². The van der Waals surface area contributed by atoms with Crippen LogP contribution in [0.3, 0.4) is 0 Å². The number of anilines is 2. The van der Waals surface area contributed by atoms with Crippen molar-refractivity contribution in [2.45, 2.75) is 6.42 Å². The highest BCUT2D eigenvalue weighted by Gasteiger charge is 2.27. The van der Waals surface area contributed by atoms with Crippen LogP contribution in [0.25, 0.3) is 0 Å². The molecule has 0 spiro atoms. The largest absolute Gasteiger partial charge is 0.322 e. The standard InChI is InChI=1S/C15H14FN3O3S/c16-12-4-1-11(2-5-12)15(20)18-13-6-3-10-7-8-19(14(10)9-13)23(17,21)22/h1-6,9H,7-8H2,(H,18,20)(H2,17,21,22). The van der Waals surface area contributed by atoms with Gasteiger partial charge in [-0.3, -0.25) is 9.10 Å². The van der Waals surface area contributed by atoms with E-state index in [-0.39, 0.29) is 6.54 Å². The number of fused-ring (bicyclic) bond motifs is 1. The number of benzene rings is 2. The minimum absolute atomic E-state index is 0.281. The Kier molecular flexibility index (Phi) is 3.78. The van der Waals surface area contributed by atoms with Gasteiger partial charge in [-0.15, -0.1) is 0 Å². The summed E-state index contributed by atoms with van der Waals surface area (Å²) in [5.41, 5.74) is 2.05. The highest BCUT2D eigenvalue weighted by atomic mass is 32.2. The van der Waals surface area contributed by atoms with Crippen molar-refractivity contribution >= 4 is 27.5 Å². The quantitative estimate of drug-likeness (QED) is 0.893. The topological polar surface area (TPSA) is 92.5 Å². The summed E-state index contributed by atoms with van der Waals surface area (Å²) < 4.78 is 37.1. The lowest BCUT2D eigenvalue weighted by Crippen LogP contribution is -2.35. The molecule has 3 rings (SSSR count). The monoisotopic (exact) mass is 335 g/mol. The minimum atomic E-state index is -3.84. The number of nitrogens with zero attached hydrogens (tertiary/aromatic N) is 1. The van der Waals surface area contributed by atoms with Crippen molar-refractivity contribution in [2.24, 2.45) is 5.14 Å². The molecule has 2 aromatic rings. The molecule has 8 heteroatoms. The van der Waals surface area contributed by atoms with Gasteiger partial charge in [0.1, 0.15) is 5.82 Å². The van der Waals surface area contributed by atoms with Gasteiger partial charge in [0.05, 0.1) is 5.69 Å². The number of hydrogen-bond acceptors (Lipinski definition) is 3. The van der Waals surface area contributed by atoms with Gasteiger partial charge >= 0.3 is 0 Å². The highest BCUT2D eigenvalue weighted by molar-refractivity contribution is 7.90. The lowest BCUT2D eigenvalue weighted by molar-refractivity contribution is 0.102. The van der Waals surface area contributed by atoms with E-state index >= 15 is 0 Å². The molecule has 1 heterocycles. The van der Waals surface area contributed by atoms with Gasteiger partial charge in [0, 0.05) is 17.8 Å². The van der Waals surface area contributed by atoms with Crippen LogP contribution in [-0.2, 0) is 16.6 Å². The first kappa shape index (κ1) is 15.4. The molecule has 0 radical (unpaired) electrons. The van der Waals surface area contributed by atoms with Crippen LogP contribution in [0.4, 0.5) is 15.8 Å². The maximum atomic E-state index is 12.9. The molecule has 120 valence electrons. The smallest absolute Gasteiger partial charge is 0.299 e. The molecule has 1 amide bonds. The van der Waals surface area contributed by atoms with E-state index in [9.17, 15) is 17.6 Å². The first-order valence-electron chi connectivity index (χ1n) is 6.85. The summed E-state index contributed by atoms with van der Waals surface area (Å²) in [4.78, 5) is 12.1. The molecule has 1 aliphatic rings. The third-order valence-electron chi connectivity index (χ3n) is 3.61. The van der Waals surface area contributed by atoms with Crippen molar-refractivity contribution in [3.8, 4) is 0 Å². The van der Waals surface area contributed by atoms with Crippen molar-refractivity contribution in [3.05, 3.63) is 59.4 Å². The third-order valence-corrected chi connectivity index (χ3v) is 4.60. The second-order valence-corrected chi connectivity index (χ2v) is 6.64. The normalized spacial score (nSPS) is 13.7. The van der Waals surface area contributed by atoms with E-state index < -0.39 is 21.9 Å². The molecular formula is C15H14FN3O3S. The molecule has 0 saturated heterocycles. The molecule has 6 nitrogen and oxygen atoms in total. The highest BCUT2D eigenvalue weighted by Crippen LogP contribution is 2.32. The fourth-order valence-corrected chi connectivity index (χ4v) is 3.29. The van der Waals surface area contributed by atoms with Gasteiger partial charge in [-0.05, 0) is 48.4 Å². The Hall–Kier alpha value is -2.45. The molecule has 0 aliphatic carbocycles. The van der Waals surface area contributed by atoms with Crippen LogP contribution in [0.5, 0.6) is 0 Å². The van der Waals surface area contributed by atoms with Crippen LogP contribution in [-0.4, -0.2) is 20.9 Å². The summed E-state index contributed by atoms with van der Waals surface area (Å²) in [5, 5.41) is 7.84. The number of halogens is 1. The molecule has 2 aromatic carbocycles. The Morgan fingerprint density at radius 2 is 1.87 bits per heavy atom. The van der Waals surface area contributed by atoms with Crippen LogP contribution >= 0.6 is 0 Å². The van der Waals surface area contributed by atoms with E-state index in [1.54, 1.807) is 18.2 Å². The number of rotatable bonds is 3. The summed E-state index contributed by atoms with van der Waals surface area (Å²) in [6.45, 7) is 0.281. The number of carbonyl (C=O) groups excluding carboxylic acids is 1. The van der Waals surface area contributed by atoms with Crippen LogP contribution in [0, 0.1) is 5.82 Å². The number of amides is 1. The van der Waals surface area contributed by atoms with E-state index in [0.29, 0.717) is 23.4 Å². The first-order valence-corrected chi connectivity index (χ1v) is 8.35. The Balaban J connectivity index is 1.85. The number of carbonyl (C=O) groups is 1. The Labute approximate surface area is 132 Å². The van der Waals surface area contributed by atoms with Crippen molar-refractivity contribution in [1.82, 2.24) is 0 Å². The minimum Gasteiger partial charge on any atom is -0.322 e. The van der Waals surface area contributed by atoms with Crippen LogP contribution in [0.1, 0.15) is 15.9 Å². The van der Waals surface area contributed by atoms with E-state index in [1.807, 2.05) is 0 Å². The average Bonchev–Trinajstić information content (AvgIpc) is 2.91. The first-order chi connectivity index (χ1) is 10.8. The summed E-state index contributed by atoms with van der Waals surface area (Å²) in [6, 6.07) is 10.1. The summed E-state index contributed by atoms with van der Waals surface area (Å²) in [5.74, 6) is -0.840. The van der Waals surface area contributed by atoms with Crippen LogP contribution in [0.2, 0.25) is 0 Å². The van der Waals surface area contributed by atoms with Gasteiger partial charge in [-0.2, -0.15) is 8.42 Å². The molecule has 3 N–H and O–H groups in total. The second kappa shape index (κ2) is 5.64. The van der Waals surface area contributed by atoms with Gasteiger partial charge in [0.2, 0.25) is 0 Å². The zero-order valence-electron chi connectivity index (χ0n) is 12.0. The Morgan fingerprint density at radius 1 is 1.17 bits per heavy atom. The lowest BCUT2D eigenvalue weighted by Gasteiger charge is -2.16. The average molecular weight is 335 g/mol. The van der Waals surface area contributed by atoms with E-state index in [2.05, 4.69) is 5.32 Å². The number of nitrogens with two attached hydrogens (primary N) is 1. The third kappa shape index (κ3) is 3.17. The molecule has 1 aliphatic heterocycles. The van der Waals surface area contributed by atoms with Gasteiger partial charge in [-0.25, -0.2) is 9.53 Å². The zero-order valence-corrected chi connectivity index (χ0v) is 12.8. The van der Waals surface area contributed by atoms with E-state index in [1.165, 1.54) is 24.3 Å². The van der Waals surface area contributed by atoms with Gasteiger partial charge in [-0.1, -0.05) is 6.07 Å². The van der Waals surface area contributed by atoms with Crippen molar-refractivity contribution < 1.29 is 17.6 Å². The molecule has 0 bridgehead atoms. The van der Waals surface area contributed by atoms with Crippen LogP contribution in [0.15, 0.2) is 42.5 Å². The number of hydrogen-bond donors (Lipinski definition) is 2. The van der Waals surface area contributed by atoms with Gasteiger partial charge in [0.15, 0.2) is 0 Å². The summed E-state index contributed by atoms with van der Waals surface area (Å²) in [6.07, 6.45) is 0.567. The summed E-state index contributed by atoms with van der Waals surface area (Å²) >= 11 is 0.